The summed E-state index contributed by atoms with van der Waals surface area (Å²) < 4.78 is 4.52. The van der Waals surface area contributed by atoms with Crippen LogP contribution in [0, 0.1) is 0 Å². The van der Waals surface area contributed by atoms with Gasteiger partial charge in [0.15, 0.2) is 0 Å². The second-order valence-corrected chi connectivity index (χ2v) is 4.85. The number of aromatic hydroxyl groups is 1. The molecular formula is C17H16N2O5. The minimum atomic E-state index is -0.882. The van der Waals surface area contributed by atoms with Gasteiger partial charge in [0.25, 0.3) is 0 Å². The van der Waals surface area contributed by atoms with Gasteiger partial charge in [-0.25, -0.2) is 4.79 Å². The molecule has 124 valence electrons. The lowest BCUT2D eigenvalue weighted by atomic mass is 10.1. The van der Waals surface area contributed by atoms with Crippen molar-refractivity contribution in [1.82, 2.24) is 5.32 Å². The predicted octanol–water partition coefficient (Wildman–Crippen LogP) is 1.43. The molecule has 2 rings (SSSR count). The van der Waals surface area contributed by atoms with Crippen LogP contribution < -0.4 is 10.6 Å². The molecule has 2 aromatic carbocycles. The fourth-order valence-electron chi connectivity index (χ4n) is 1.93. The second-order valence-electron chi connectivity index (χ2n) is 4.85. The summed E-state index contributed by atoms with van der Waals surface area (Å²) in [6.45, 7) is 0.218. The van der Waals surface area contributed by atoms with E-state index in [9.17, 15) is 19.5 Å². The molecular weight excluding hydrogens is 312 g/mol. The SMILES string of the molecule is COC(=O)c1cc(NC(=O)C(=O)NCc2ccccc2)ccc1O. The largest absolute Gasteiger partial charge is 0.507 e. The van der Waals surface area contributed by atoms with E-state index < -0.39 is 17.8 Å². The first kappa shape index (κ1) is 17.0. The second kappa shape index (κ2) is 7.77. The van der Waals surface area contributed by atoms with Gasteiger partial charge in [0, 0.05) is 12.2 Å². The normalized spacial score (nSPS) is 9.88. The van der Waals surface area contributed by atoms with E-state index in [1.807, 2.05) is 30.3 Å². The van der Waals surface area contributed by atoms with Gasteiger partial charge in [0.2, 0.25) is 0 Å². The van der Waals surface area contributed by atoms with Gasteiger partial charge in [-0.1, -0.05) is 30.3 Å². The standard InChI is InChI=1S/C17H16N2O5/c1-24-17(23)13-9-12(7-8-14(13)20)19-16(22)15(21)18-10-11-5-3-2-4-6-11/h2-9,20H,10H2,1H3,(H,18,21)(H,19,22). The van der Waals surface area contributed by atoms with Crippen LogP contribution in [0.4, 0.5) is 5.69 Å². The first-order valence-electron chi connectivity index (χ1n) is 7.05. The van der Waals surface area contributed by atoms with Crippen molar-refractivity contribution in [2.24, 2.45) is 0 Å². The Balaban J connectivity index is 1.98. The Morgan fingerprint density at radius 3 is 2.42 bits per heavy atom. The Kier molecular flexibility index (Phi) is 5.51. The van der Waals surface area contributed by atoms with Gasteiger partial charge >= 0.3 is 17.8 Å². The molecule has 24 heavy (non-hydrogen) atoms. The molecule has 0 aliphatic heterocycles. The number of methoxy groups -OCH3 is 1. The lowest BCUT2D eigenvalue weighted by Gasteiger charge is -2.09. The quantitative estimate of drug-likeness (QED) is 0.447. The molecule has 0 saturated carbocycles. The molecule has 0 unspecified atom stereocenters. The summed E-state index contributed by atoms with van der Waals surface area (Å²) in [6, 6.07) is 13.0. The van der Waals surface area contributed by atoms with Crippen molar-refractivity contribution < 1.29 is 24.2 Å². The summed E-state index contributed by atoms with van der Waals surface area (Å²) in [5.74, 6) is -2.73. The summed E-state index contributed by atoms with van der Waals surface area (Å²) in [7, 11) is 1.17. The van der Waals surface area contributed by atoms with Gasteiger partial charge in [-0.2, -0.15) is 0 Å². The highest BCUT2D eigenvalue weighted by Gasteiger charge is 2.16. The maximum absolute atomic E-state index is 11.9. The molecule has 0 fully saturated rings. The summed E-state index contributed by atoms with van der Waals surface area (Å²) in [5, 5.41) is 14.4. The van der Waals surface area contributed by atoms with Crippen LogP contribution >= 0.6 is 0 Å². The van der Waals surface area contributed by atoms with Crippen LogP contribution in [-0.4, -0.2) is 30.0 Å². The van der Waals surface area contributed by atoms with E-state index in [1.165, 1.54) is 25.3 Å². The third-order valence-corrected chi connectivity index (χ3v) is 3.16. The number of rotatable bonds is 4. The zero-order valence-electron chi connectivity index (χ0n) is 12.9. The van der Waals surface area contributed by atoms with Crippen LogP contribution in [0.25, 0.3) is 0 Å². The van der Waals surface area contributed by atoms with Crippen molar-refractivity contribution in [3.05, 3.63) is 59.7 Å². The molecule has 7 heteroatoms. The minimum Gasteiger partial charge on any atom is -0.507 e. The molecule has 0 heterocycles. The molecule has 7 nitrogen and oxygen atoms in total. The smallest absolute Gasteiger partial charge is 0.341 e. The van der Waals surface area contributed by atoms with Gasteiger partial charge < -0.3 is 20.5 Å². The average Bonchev–Trinajstić information content (AvgIpc) is 2.61. The lowest BCUT2D eigenvalue weighted by molar-refractivity contribution is -0.136. The van der Waals surface area contributed by atoms with E-state index in [0.717, 1.165) is 5.56 Å². The Labute approximate surface area is 138 Å². The number of benzene rings is 2. The minimum absolute atomic E-state index is 0.111. The van der Waals surface area contributed by atoms with Crippen molar-refractivity contribution in [1.29, 1.82) is 0 Å². The Bertz CT molecular complexity index is 759. The fraction of sp³-hybridized carbons (Fsp3) is 0.118. The molecule has 2 amide bonds. The Morgan fingerprint density at radius 2 is 1.75 bits per heavy atom. The van der Waals surface area contributed by atoms with E-state index in [4.69, 9.17) is 0 Å². The van der Waals surface area contributed by atoms with Crippen LogP contribution in [0.2, 0.25) is 0 Å². The number of carbonyl (C=O) groups is 3. The molecule has 0 aliphatic rings. The lowest BCUT2D eigenvalue weighted by Crippen LogP contribution is -2.35. The van der Waals surface area contributed by atoms with Crippen molar-refractivity contribution in [2.45, 2.75) is 6.54 Å². The maximum atomic E-state index is 11.9. The Hall–Kier alpha value is -3.35. The van der Waals surface area contributed by atoms with E-state index >= 15 is 0 Å². The molecule has 0 aliphatic carbocycles. The monoisotopic (exact) mass is 328 g/mol. The van der Waals surface area contributed by atoms with Crippen LogP contribution in [-0.2, 0) is 20.9 Å². The maximum Gasteiger partial charge on any atom is 0.341 e. The zero-order valence-corrected chi connectivity index (χ0v) is 12.9. The topological polar surface area (TPSA) is 105 Å². The van der Waals surface area contributed by atoms with E-state index in [2.05, 4.69) is 15.4 Å². The number of phenolic OH excluding ortho intramolecular Hbond substituents is 1. The number of ether oxygens (including phenoxy) is 1. The predicted molar refractivity (Wildman–Crippen MR) is 86.4 cm³/mol. The number of anilines is 1. The van der Waals surface area contributed by atoms with Gasteiger partial charge in [0.05, 0.1) is 7.11 Å². The van der Waals surface area contributed by atoms with Gasteiger partial charge in [-0.15, -0.1) is 0 Å². The average molecular weight is 328 g/mol. The number of esters is 1. The van der Waals surface area contributed by atoms with Gasteiger partial charge in [0.1, 0.15) is 11.3 Å². The van der Waals surface area contributed by atoms with Gasteiger partial charge in [-0.05, 0) is 23.8 Å². The first-order chi connectivity index (χ1) is 11.5. The number of phenols is 1. The summed E-state index contributed by atoms with van der Waals surface area (Å²) in [6.07, 6.45) is 0. The van der Waals surface area contributed by atoms with Crippen LogP contribution in [0.15, 0.2) is 48.5 Å². The van der Waals surface area contributed by atoms with Crippen LogP contribution in [0.3, 0.4) is 0 Å². The molecule has 2 aromatic rings. The highest BCUT2D eigenvalue weighted by molar-refractivity contribution is 6.39. The van der Waals surface area contributed by atoms with Gasteiger partial charge in [-0.3, -0.25) is 9.59 Å². The summed E-state index contributed by atoms with van der Waals surface area (Å²) in [4.78, 5) is 35.2. The molecule has 0 atom stereocenters. The molecule has 0 aromatic heterocycles. The zero-order chi connectivity index (χ0) is 17.5. The van der Waals surface area contributed by atoms with E-state index in [0.29, 0.717) is 0 Å². The highest BCUT2D eigenvalue weighted by atomic mass is 16.5. The molecule has 0 radical (unpaired) electrons. The number of amides is 2. The molecule has 0 bridgehead atoms. The Morgan fingerprint density at radius 1 is 1.04 bits per heavy atom. The van der Waals surface area contributed by atoms with Crippen molar-refractivity contribution >= 4 is 23.5 Å². The number of nitrogens with one attached hydrogen (secondary N) is 2. The fourth-order valence-corrected chi connectivity index (χ4v) is 1.93. The van der Waals surface area contributed by atoms with Crippen molar-refractivity contribution in [3.8, 4) is 5.75 Å². The summed E-state index contributed by atoms with van der Waals surface area (Å²) in [5.41, 5.74) is 0.935. The summed E-state index contributed by atoms with van der Waals surface area (Å²) >= 11 is 0. The van der Waals surface area contributed by atoms with E-state index in [-0.39, 0.29) is 23.5 Å². The number of hydrogen-bond donors (Lipinski definition) is 3. The van der Waals surface area contributed by atoms with Crippen LogP contribution in [0.1, 0.15) is 15.9 Å². The third-order valence-electron chi connectivity index (χ3n) is 3.16. The highest BCUT2D eigenvalue weighted by Crippen LogP contribution is 2.22. The third kappa shape index (κ3) is 4.33. The number of hydrogen-bond acceptors (Lipinski definition) is 5. The van der Waals surface area contributed by atoms with Crippen molar-refractivity contribution in [3.63, 3.8) is 0 Å². The molecule has 0 spiro atoms. The first-order valence-corrected chi connectivity index (χ1v) is 7.05. The van der Waals surface area contributed by atoms with Crippen LogP contribution in [0.5, 0.6) is 5.75 Å². The van der Waals surface area contributed by atoms with E-state index in [1.54, 1.807) is 0 Å². The molecule has 0 saturated heterocycles. The number of carbonyl (C=O) groups excluding carboxylic acids is 3. The van der Waals surface area contributed by atoms with Crippen molar-refractivity contribution in [2.75, 3.05) is 12.4 Å². The molecule has 3 N–H and O–H groups in total.